The molecule has 1 fully saturated rings. The molecule has 1 aliphatic carbocycles. The van der Waals surface area contributed by atoms with E-state index in [1.54, 1.807) is 7.11 Å². The Bertz CT molecular complexity index is 574. The van der Waals surface area contributed by atoms with Gasteiger partial charge in [-0.2, -0.15) is 0 Å². The van der Waals surface area contributed by atoms with Gasteiger partial charge in [-0.15, -0.1) is 0 Å². The van der Waals surface area contributed by atoms with Gasteiger partial charge in [0.2, 0.25) is 5.91 Å². The van der Waals surface area contributed by atoms with E-state index in [0.717, 1.165) is 12.8 Å². The first kappa shape index (κ1) is 19.9. The molecule has 7 nitrogen and oxygen atoms in total. The third-order valence-corrected chi connectivity index (χ3v) is 4.33. The second-order valence-corrected chi connectivity index (χ2v) is 6.33. The summed E-state index contributed by atoms with van der Waals surface area (Å²) in [4.78, 5) is 23.6. The Morgan fingerprint density at radius 3 is 2.50 bits per heavy atom. The van der Waals surface area contributed by atoms with Gasteiger partial charge >= 0.3 is 6.03 Å². The molecule has 1 aliphatic rings. The molecule has 0 aromatic heterocycles. The Kier molecular flexibility index (Phi) is 8.59. The maximum atomic E-state index is 11.8. The van der Waals surface area contributed by atoms with Crippen LogP contribution in [0.25, 0.3) is 0 Å². The normalized spacial score (nSPS) is 14.3. The number of para-hydroxylation sites is 2. The molecule has 1 aromatic carbocycles. The van der Waals surface area contributed by atoms with Gasteiger partial charge in [0.25, 0.3) is 0 Å². The SMILES string of the molecule is COc1ccccc1OCCNC(=O)CCNC(=O)NC1CCCCC1. The third-order valence-electron chi connectivity index (χ3n) is 4.33. The average molecular weight is 363 g/mol. The maximum absolute atomic E-state index is 11.8. The van der Waals surface area contributed by atoms with E-state index in [1.165, 1.54) is 19.3 Å². The van der Waals surface area contributed by atoms with Crippen molar-refractivity contribution in [1.29, 1.82) is 0 Å². The smallest absolute Gasteiger partial charge is 0.315 e. The molecule has 0 saturated heterocycles. The second kappa shape index (κ2) is 11.2. The second-order valence-electron chi connectivity index (χ2n) is 6.33. The third kappa shape index (κ3) is 7.21. The lowest BCUT2D eigenvalue weighted by Crippen LogP contribution is -2.44. The first-order valence-corrected chi connectivity index (χ1v) is 9.26. The van der Waals surface area contributed by atoms with Crippen molar-refractivity contribution in [3.8, 4) is 11.5 Å². The molecule has 0 radical (unpaired) electrons. The van der Waals surface area contributed by atoms with Crippen LogP contribution in [0.3, 0.4) is 0 Å². The number of carbonyl (C=O) groups excluding carboxylic acids is 2. The Morgan fingerprint density at radius 2 is 1.77 bits per heavy atom. The van der Waals surface area contributed by atoms with Gasteiger partial charge in [-0.05, 0) is 25.0 Å². The minimum Gasteiger partial charge on any atom is -0.493 e. The highest BCUT2D eigenvalue weighted by atomic mass is 16.5. The van der Waals surface area contributed by atoms with Crippen LogP contribution in [0.4, 0.5) is 4.79 Å². The summed E-state index contributed by atoms with van der Waals surface area (Å²) in [7, 11) is 1.58. The van der Waals surface area contributed by atoms with E-state index in [-0.39, 0.29) is 24.4 Å². The topological polar surface area (TPSA) is 88.7 Å². The zero-order chi connectivity index (χ0) is 18.6. The van der Waals surface area contributed by atoms with Crippen molar-refractivity contribution in [3.63, 3.8) is 0 Å². The monoisotopic (exact) mass is 363 g/mol. The number of hydrogen-bond acceptors (Lipinski definition) is 4. The van der Waals surface area contributed by atoms with E-state index < -0.39 is 0 Å². The zero-order valence-electron chi connectivity index (χ0n) is 15.4. The Hall–Kier alpha value is -2.44. The number of carbonyl (C=O) groups is 2. The molecule has 0 heterocycles. The molecule has 2 rings (SSSR count). The van der Waals surface area contributed by atoms with Crippen LogP contribution in [0.2, 0.25) is 0 Å². The fraction of sp³-hybridized carbons (Fsp3) is 0.579. The molecule has 3 N–H and O–H groups in total. The summed E-state index contributed by atoms with van der Waals surface area (Å²) in [5.74, 6) is 1.18. The molecule has 0 aliphatic heterocycles. The number of benzene rings is 1. The van der Waals surface area contributed by atoms with Crippen LogP contribution in [0.5, 0.6) is 11.5 Å². The molecule has 0 bridgehead atoms. The first-order chi connectivity index (χ1) is 12.7. The zero-order valence-corrected chi connectivity index (χ0v) is 15.4. The summed E-state index contributed by atoms with van der Waals surface area (Å²) in [6.45, 7) is 1.06. The number of rotatable bonds is 9. The molecule has 144 valence electrons. The van der Waals surface area contributed by atoms with Gasteiger partial charge in [0, 0.05) is 19.0 Å². The highest BCUT2D eigenvalue weighted by Crippen LogP contribution is 2.25. The van der Waals surface area contributed by atoms with Crippen LogP contribution in [0, 0.1) is 0 Å². The molecule has 1 saturated carbocycles. The lowest BCUT2D eigenvalue weighted by molar-refractivity contribution is -0.121. The summed E-state index contributed by atoms with van der Waals surface area (Å²) in [6, 6.07) is 7.44. The highest BCUT2D eigenvalue weighted by Gasteiger charge is 2.15. The van der Waals surface area contributed by atoms with E-state index in [1.807, 2.05) is 24.3 Å². The Balaban J connectivity index is 1.52. The van der Waals surface area contributed by atoms with Crippen LogP contribution in [-0.4, -0.2) is 44.8 Å². The number of ether oxygens (including phenoxy) is 2. The number of nitrogens with one attached hydrogen (secondary N) is 3. The molecule has 0 atom stereocenters. The standard InChI is InChI=1S/C19H29N3O4/c1-25-16-9-5-6-10-17(16)26-14-13-20-18(23)11-12-21-19(24)22-15-7-3-2-4-8-15/h5-6,9-10,15H,2-4,7-8,11-14H2,1H3,(H,20,23)(H2,21,22,24). The maximum Gasteiger partial charge on any atom is 0.315 e. The van der Waals surface area contributed by atoms with Crippen molar-refractivity contribution >= 4 is 11.9 Å². The van der Waals surface area contributed by atoms with Crippen LogP contribution in [0.1, 0.15) is 38.5 Å². The minimum atomic E-state index is -0.191. The van der Waals surface area contributed by atoms with Crippen LogP contribution in [0.15, 0.2) is 24.3 Å². The number of amides is 3. The van der Waals surface area contributed by atoms with E-state index in [0.29, 0.717) is 31.2 Å². The lowest BCUT2D eigenvalue weighted by Gasteiger charge is -2.22. The highest BCUT2D eigenvalue weighted by molar-refractivity contribution is 5.78. The summed E-state index contributed by atoms with van der Waals surface area (Å²) in [5.41, 5.74) is 0. The van der Waals surface area contributed by atoms with E-state index in [2.05, 4.69) is 16.0 Å². The van der Waals surface area contributed by atoms with E-state index >= 15 is 0 Å². The molecule has 3 amide bonds. The average Bonchev–Trinajstić information content (AvgIpc) is 2.66. The van der Waals surface area contributed by atoms with E-state index in [4.69, 9.17) is 9.47 Å². The number of urea groups is 1. The van der Waals surface area contributed by atoms with Crippen molar-refractivity contribution in [2.75, 3.05) is 26.8 Å². The summed E-state index contributed by atoms with van der Waals surface area (Å²) in [6.07, 6.45) is 5.92. The summed E-state index contributed by atoms with van der Waals surface area (Å²) >= 11 is 0. The van der Waals surface area contributed by atoms with Gasteiger partial charge in [-0.25, -0.2) is 4.79 Å². The molecule has 0 unspecified atom stereocenters. The molecule has 1 aromatic rings. The fourth-order valence-electron chi connectivity index (χ4n) is 2.95. The van der Waals surface area contributed by atoms with Crippen molar-refractivity contribution in [3.05, 3.63) is 24.3 Å². The number of methoxy groups -OCH3 is 1. The van der Waals surface area contributed by atoms with Crippen molar-refractivity contribution in [2.24, 2.45) is 0 Å². The van der Waals surface area contributed by atoms with Gasteiger partial charge in [0.05, 0.1) is 13.7 Å². The predicted molar refractivity (Wildman–Crippen MR) is 99.5 cm³/mol. The largest absolute Gasteiger partial charge is 0.493 e. The van der Waals surface area contributed by atoms with Crippen molar-refractivity contribution < 1.29 is 19.1 Å². The van der Waals surface area contributed by atoms with Gasteiger partial charge in [-0.1, -0.05) is 31.4 Å². The number of hydrogen-bond donors (Lipinski definition) is 3. The fourth-order valence-corrected chi connectivity index (χ4v) is 2.95. The minimum absolute atomic E-state index is 0.119. The van der Waals surface area contributed by atoms with Crippen LogP contribution < -0.4 is 25.4 Å². The predicted octanol–water partition coefficient (Wildman–Crippen LogP) is 2.21. The molecular formula is C19H29N3O4. The Morgan fingerprint density at radius 1 is 1.04 bits per heavy atom. The molecule has 7 heteroatoms. The quantitative estimate of drug-likeness (QED) is 0.587. The Labute approximate surface area is 154 Å². The van der Waals surface area contributed by atoms with Crippen LogP contribution >= 0.6 is 0 Å². The van der Waals surface area contributed by atoms with Gasteiger partial charge in [-0.3, -0.25) is 4.79 Å². The van der Waals surface area contributed by atoms with Gasteiger partial charge in [0.15, 0.2) is 11.5 Å². The molecule has 0 spiro atoms. The van der Waals surface area contributed by atoms with Crippen molar-refractivity contribution in [2.45, 2.75) is 44.6 Å². The van der Waals surface area contributed by atoms with Crippen molar-refractivity contribution in [1.82, 2.24) is 16.0 Å². The van der Waals surface area contributed by atoms with Crippen LogP contribution in [-0.2, 0) is 4.79 Å². The van der Waals surface area contributed by atoms with E-state index in [9.17, 15) is 9.59 Å². The summed E-state index contributed by atoms with van der Waals surface area (Å²) in [5, 5.41) is 8.46. The first-order valence-electron chi connectivity index (χ1n) is 9.26. The van der Waals surface area contributed by atoms with Gasteiger partial charge in [0.1, 0.15) is 6.61 Å². The van der Waals surface area contributed by atoms with Gasteiger partial charge < -0.3 is 25.4 Å². The molecule has 26 heavy (non-hydrogen) atoms. The lowest BCUT2D eigenvalue weighted by atomic mass is 9.96. The summed E-state index contributed by atoms with van der Waals surface area (Å²) < 4.78 is 10.8. The molecular weight excluding hydrogens is 334 g/mol.